The van der Waals surface area contributed by atoms with Gasteiger partial charge in [0.15, 0.2) is 0 Å². The molecule has 2 heteroatoms. The maximum Gasteiger partial charge on any atom is 0.0371 e. The van der Waals surface area contributed by atoms with Gasteiger partial charge in [0.05, 0.1) is 0 Å². The lowest BCUT2D eigenvalue weighted by Crippen LogP contribution is -2.05. The number of rotatable bonds is 5. The molecule has 2 nitrogen and oxygen atoms in total. The van der Waals surface area contributed by atoms with Crippen LogP contribution < -0.4 is 11.1 Å². The highest BCUT2D eigenvalue weighted by Crippen LogP contribution is 2.28. The van der Waals surface area contributed by atoms with E-state index in [1.54, 1.807) is 0 Å². The van der Waals surface area contributed by atoms with Gasteiger partial charge in [0.2, 0.25) is 0 Å². The van der Waals surface area contributed by atoms with Crippen LogP contribution in [0.5, 0.6) is 0 Å². The van der Waals surface area contributed by atoms with E-state index in [0.717, 1.165) is 18.2 Å². The molecule has 0 spiro atoms. The standard InChI is InChI=1S/C15H24N2/c1-12-11-14(16)8-9-15(12)17-10-4-7-13-5-2-3-6-13/h8-9,11,13,17H,2-7,10,16H2,1H3. The van der Waals surface area contributed by atoms with Crippen molar-refractivity contribution in [2.45, 2.75) is 45.4 Å². The quantitative estimate of drug-likeness (QED) is 0.595. The SMILES string of the molecule is Cc1cc(N)ccc1NCCCC1CCCC1. The highest BCUT2D eigenvalue weighted by Gasteiger charge is 2.13. The zero-order chi connectivity index (χ0) is 12.1. The fraction of sp³-hybridized carbons (Fsp3) is 0.600. The van der Waals surface area contributed by atoms with Crippen LogP contribution in [-0.4, -0.2) is 6.54 Å². The van der Waals surface area contributed by atoms with Gasteiger partial charge in [0.1, 0.15) is 0 Å². The Balaban J connectivity index is 1.70. The summed E-state index contributed by atoms with van der Waals surface area (Å²) in [5, 5.41) is 3.51. The molecule has 1 aliphatic rings. The summed E-state index contributed by atoms with van der Waals surface area (Å²) in [6.45, 7) is 3.19. The fourth-order valence-corrected chi connectivity index (χ4v) is 2.80. The van der Waals surface area contributed by atoms with Gasteiger partial charge in [-0.2, -0.15) is 0 Å². The lowest BCUT2D eigenvalue weighted by atomic mass is 10.0. The molecular weight excluding hydrogens is 208 g/mol. The molecule has 1 fully saturated rings. The predicted molar refractivity (Wildman–Crippen MR) is 75.3 cm³/mol. The minimum absolute atomic E-state index is 0.846. The molecule has 0 aliphatic heterocycles. The normalized spacial score (nSPS) is 16.3. The molecule has 0 aromatic heterocycles. The molecule has 0 amide bonds. The third-order valence-electron chi connectivity index (χ3n) is 3.83. The van der Waals surface area contributed by atoms with Crippen molar-refractivity contribution in [3.8, 4) is 0 Å². The minimum Gasteiger partial charge on any atom is -0.399 e. The van der Waals surface area contributed by atoms with Crippen LogP contribution in [0.3, 0.4) is 0 Å². The van der Waals surface area contributed by atoms with E-state index in [9.17, 15) is 0 Å². The second-order valence-corrected chi connectivity index (χ2v) is 5.29. The number of nitrogens with two attached hydrogens (primary N) is 1. The molecule has 0 radical (unpaired) electrons. The van der Waals surface area contributed by atoms with E-state index in [1.807, 2.05) is 12.1 Å². The van der Waals surface area contributed by atoms with Crippen molar-refractivity contribution in [1.82, 2.24) is 0 Å². The average molecular weight is 232 g/mol. The molecule has 3 N–H and O–H groups in total. The van der Waals surface area contributed by atoms with Crippen molar-refractivity contribution in [3.63, 3.8) is 0 Å². The zero-order valence-corrected chi connectivity index (χ0v) is 10.8. The first-order valence-electron chi connectivity index (χ1n) is 6.86. The first kappa shape index (κ1) is 12.3. The number of benzene rings is 1. The van der Waals surface area contributed by atoms with Crippen molar-refractivity contribution in [3.05, 3.63) is 23.8 Å². The average Bonchev–Trinajstić information content (AvgIpc) is 2.79. The molecule has 1 aliphatic carbocycles. The van der Waals surface area contributed by atoms with Gasteiger partial charge in [0.25, 0.3) is 0 Å². The monoisotopic (exact) mass is 232 g/mol. The van der Waals surface area contributed by atoms with Crippen LogP contribution in [0.1, 0.15) is 44.1 Å². The van der Waals surface area contributed by atoms with Crippen LogP contribution in [0.25, 0.3) is 0 Å². The van der Waals surface area contributed by atoms with E-state index in [0.29, 0.717) is 0 Å². The minimum atomic E-state index is 0.846. The Kier molecular flexibility index (Phi) is 4.29. The van der Waals surface area contributed by atoms with Crippen LogP contribution in [0.2, 0.25) is 0 Å². The number of hydrogen-bond donors (Lipinski definition) is 2. The molecule has 94 valence electrons. The van der Waals surface area contributed by atoms with E-state index in [-0.39, 0.29) is 0 Å². The van der Waals surface area contributed by atoms with Gasteiger partial charge >= 0.3 is 0 Å². The summed E-state index contributed by atoms with van der Waals surface area (Å²) in [5.74, 6) is 1.00. The van der Waals surface area contributed by atoms with Crippen LogP contribution in [0, 0.1) is 12.8 Å². The van der Waals surface area contributed by atoms with Crippen molar-refractivity contribution in [2.75, 3.05) is 17.6 Å². The van der Waals surface area contributed by atoms with Crippen LogP contribution >= 0.6 is 0 Å². The van der Waals surface area contributed by atoms with Gasteiger partial charge in [-0.15, -0.1) is 0 Å². The zero-order valence-electron chi connectivity index (χ0n) is 10.8. The van der Waals surface area contributed by atoms with Crippen LogP contribution in [0.15, 0.2) is 18.2 Å². The first-order valence-corrected chi connectivity index (χ1v) is 6.86. The molecular formula is C15H24N2. The van der Waals surface area contributed by atoms with E-state index in [2.05, 4.69) is 18.3 Å². The Morgan fingerprint density at radius 2 is 2.06 bits per heavy atom. The van der Waals surface area contributed by atoms with Gasteiger partial charge in [-0.1, -0.05) is 25.7 Å². The Labute approximate surface area is 105 Å². The van der Waals surface area contributed by atoms with Crippen molar-refractivity contribution in [1.29, 1.82) is 0 Å². The molecule has 2 rings (SSSR count). The van der Waals surface area contributed by atoms with Crippen LogP contribution in [-0.2, 0) is 0 Å². The van der Waals surface area contributed by atoms with Crippen molar-refractivity contribution >= 4 is 11.4 Å². The van der Waals surface area contributed by atoms with Crippen molar-refractivity contribution < 1.29 is 0 Å². The van der Waals surface area contributed by atoms with Gasteiger partial charge in [-0.25, -0.2) is 0 Å². The van der Waals surface area contributed by atoms with Gasteiger partial charge < -0.3 is 11.1 Å². The molecule has 0 saturated heterocycles. The molecule has 1 aromatic carbocycles. The Hall–Kier alpha value is -1.18. The Bertz CT molecular complexity index is 354. The molecule has 0 unspecified atom stereocenters. The topological polar surface area (TPSA) is 38.0 Å². The molecule has 17 heavy (non-hydrogen) atoms. The van der Waals surface area contributed by atoms with E-state index in [1.165, 1.54) is 49.8 Å². The molecule has 0 bridgehead atoms. The number of hydrogen-bond acceptors (Lipinski definition) is 2. The maximum atomic E-state index is 5.74. The third-order valence-corrected chi connectivity index (χ3v) is 3.83. The van der Waals surface area contributed by atoms with Gasteiger partial charge in [-0.3, -0.25) is 0 Å². The second kappa shape index (κ2) is 5.95. The lowest BCUT2D eigenvalue weighted by molar-refractivity contribution is 0.491. The Morgan fingerprint density at radius 3 is 2.76 bits per heavy atom. The number of anilines is 2. The van der Waals surface area contributed by atoms with E-state index in [4.69, 9.17) is 5.73 Å². The Morgan fingerprint density at radius 1 is 1.29 bits per heavy atom. The van der Waals surface area contributed by atoms with Crippen LogP contribution in [0.4, 0.5) is 11.4 Å². The van der Waals surface area contributed by atoms with Gasteiger partial charge in [0, 0.05) is 17.9 Å². The lowest BCUT2D eigenvalue weighted by Gasteiger charge is -2.12. The summed E-state index contributed by atoms with van der Waals surface area (Å²) >= 11 is 0. The smallest absolute Gasteiger partial charge is 0.0371 e. The third kappa shape index (κ3) is 3.65. The fourth-order valence-electron chi connectivity index (χ4n) is 2.80. The predicted octanol–water partition coefficient (Wildman–Crippen LogP) is 3.96. The molecule has 1 aromatic rings. The van der Waals surface area contributed by atoms with Gasteiger partial charge in [-0.05, 0) is 49.4 Å². The molecule has 0 heterocycles. The van der Waals surface area contributed by atoms with E-state index >= 15 is 0 Å². The first-order chi connectivity index (χ1) is 8.25. The summed E-state index contributed by atoms with van der Waals surface area (Å²) in [7, 11) is 0. The number of nitrogens with one attached hydrogen (secondary N) is 1. The molecule has 0 atom stereocenters. The van der Waals surface area contributed by atoms with Crippen molar-refractivity contribution in [2.24, 2.45) is 5.92 Å². The highest BCUT2D eigenvalue weighted by molar-refractivity contribution is 5.57. The second-order valence-electron chi connectivity index (χ2n) is 5.29. The summed E-state index contributed by atoms with van der Waals surface area (Å²) in [4.78, 5) is 0. The summed E-state index contributed by atoms with van der Waals surface area (Å²) < 4.78 is 0. The summed E-state index contributed by atoms with van der Waals surface area (Å²) in [6.07, 6.45) is 8.50. The number of nitrogen functional groups attached to an aromatic ring is 1. The van der Waals surface area contributed by atoms with E-state index < -0.39 is 0 Å². The molecule has 1 saturated carbocycles. The largest absolute Gasteiger partial charge is 0.399 e. The summed E-state index contributed by atoms with van der Waals surface area (Å²) in [5.41, 5.74) is 9.05. The maximum absolute atomic E-state index is 5.74. The number of aryl methyl sites for hydroxylation is 1. The highest BCUT2D eigenvalue weighted by atomic mass is 14.9. The summed E-state index contributed by atoms with van der Waals surface area (Å²) in [6, 6.07) is 6.08.